The van der Waals surface area contributed by atoms with E-state index in [1.54, 1.807) is 7.11 Å². The van der Waals surface area contributed by atoms with E-state index in [2.05, 4.69) is 23.6 Å². The minimum atomic E-state index is 0.0433. The summed E-state index contributed by atoms with van der Waals surface area (Å²) in [6, 6.07) is 13.8. The Morgan fingerprint density at radius 1 is 1.15 bits per heavy atom. The van der Waals surface area contributed by atoms with Crippen LogP contribution in [-0.2, 0) is 19.5 Å². The van der Waals surface area contributed by atoms with Crippen molar-refractivity contribution in [3.05, 3.63) is 58.4 Å². The maximum atomic E-state index is 13.0. The first-order valence-corrected chi connectivity index (χ1v) is 8.92. The summed E-state index contributed by atoms with van der Waals surface area (Å²) in [5.74, 6) is 1.61. The Labute approximate surface area is 150 Å². The number of hydrogen-bond acceptors (Lipinski definition) is 3. The monoisotopic (exact) mass is 345 g/mol. The molecule has 0 N–H and O–H groups in total. The highest BCUT2D eigenvalue weighted by Gasteiger charge is 2.26. The van der Waals surface area contributed by atoms with Gasteiger partial charge in [0, 0.05) is 24.5 Å². The average molecular weight is 345 g/mol. The van der Waals surface area contributed by atoms with Crippen molar-refractivity contribution in [2.75, 3.05) is 7.11 Å². The number of methoxy groups -OCH3 is 1. The Kier molecular flexibility index (Phi) is 3.19. The summed E-state index contributed by atoms with van der Waals surface area (Å²) in [6.07, 6.45) is 0.831. The first-order valence-electron chi connectivity index (χ1n) is 8.92. The first-order chi connectivity index (χ1) is 12.7. The third-order valence-corrected chi connectivity index (χ3v) is 5.35. The van der Waals surface area contributed by atoms with Crippen LogP contribution in [0.5, 0.6) is 5.75 Å². The van der Waals surface area contributed by atoms with E-state index in [0.29, 0.717) is 11.9 Å². The zero-order valence-electron chi connectivity index (χ0n) is 14.8. The summed E-state index contributed by atoms with van der Waals surface area (Å²) in [7, 11) is 1.68. The molecule has 0 spiro atoms. The van der Waals surface area contributed by atoms with Gasteiger partial charge in [-0.05, 0) is 43.2 Å². The van der Waals surface area contributed by atoms with Crippen molar-refractivity contribution in [2.24, 2.45) is 0 Å². The lowest BCUT2D eigenvalue weighted by molar-refractivity contribution is 0.415. The number of aromatic nitrogens is 3. The summed E-state index contributed by atoms with van der Waals surface area (Å²) < 4.78 is 9.49. The first kappa shape index (κ1) is 15.2. The normalized spacial score (nSPS) is 13.0. The molecule has 26 heavy (non-hydrogen) atoms. The minimum absolute atomic E-state index is 0.0433. The van der Waals surface area contributed by atoms with E-state index in [0.717, 1.165) is 41.3 Å². The molecule has 4 aromatic rings. The average Bonchev–Trinajstić information content (AvgIpc) is 3.01. The predicted octanol–water partition coefficient (Wildman–Crippen LogP) is 3.60. The Morgan fingerprint density at radius 3 is 2.81 bits per heavy atom. The van der Waals surface area contributed by atoms with E-state index in [9.17, 15) is 4.79 Å². The summed E-state index contributed by atoms with van der Waals surface area (Å²) in [4.78, 5) is 17.9. The number of fused-ring (bicyclic) bond motifs is 6. The molecule has 0 amide bonds. The molecule has 0 saturated carbocycles. The van der Waals surface area contributed by atoms with Gasteiger partial charge >= 0.3 is 0 Å². The van der Waals surface area contributed by atoms with Crippen molar-refractivity contribution in [3.63, 3.8) is 0 Å². The molecule has 1 aliphatic rings. The van der Waals surface area contributed by atoms with E-state index in [1.165, 1.54) is 10.9 Å². The van der Waals surface area contributed by atoms with Gasteiger partial charge in [-0.2, -0.15) is 0 Å². The molecule has 5 rings (SSSR count). The van der Waals surface area contributed by atoms with Crippen molar-refractivity contribution in [3.8, 4) is 17.3 Å². The van der Waals surface area contributed by atoms with Crippen LogP contribution < -0.4 is 10.3 Å². The zero-order valence-corrected chi connectivity index (χ0v) is 14.8. The molecule has 5 heteroatoms. The Morgan fingerprint density at radius 2 is 2.00 bits per heavy atom. The lowest BCUT2D eigenvalue weighted by Crippen LogP contribution is -2.28. The third kappa shape index (κ3) is 1.91. The van der Waals surface area contributed by atoms with E-state index >= 15 is 0 Å². The number of hydrogen-bond donors (Lipinski definition) is 0. The fourth-order valence-corrected chi connectivity index (χ4v) is 4.14. The van der Waals surface area contributed by atoms with E-state index in [4.69, 9.17) is 9.72 Å². The quantitative estimate of drug-likeness (QED) is 0.558. The van der Waals surface area contributed by atoms with Crippen LogP contribution in [0.1, 0.15) is 12.5 Å². The predicted molar refractivity (Wildman–Crippen MR) is 103 cm³/mol. The summed E-state index contributed by atoms with van der Waals surface area (Å²) >= 11 is 0. The van der Waals surface area contributed by atoms with Gasteiger partial charge in [0.2, 0.25) is 0 Å². The number of nitrogens with zero attached hydrogens (tertiary/aromatic N) is 3. The molecular formula is C21H19N3O2. The van der Waals surface area contributed by atoms with Gasteiger partial charge in [0.1, 0.15) is 5.75 Å². The highest BCUT2D eigenvalue weighted by molar-refractivity contribution is 5.93. The lowest BCUT2D eigenvalue weighted by Gasteiger charge is -2.21. The smallest absolute Gasteiger partial charge is 0.261 e. The van der Waals surface area contributed by atoms with Gasteiger partial charge in [-0.15, -0.1) is 0 Å². The third-order valence-electron chi connectivity index (χ3n) is 5.35. The van der Waals surface area contributed by atoms with Gasteiger partial charge in [-0.3, -0.25) is 9.36 Å². The van der Waals surface area contributed by atoms with E-state index < -0.39 is 0 Å². The molecule has 2 aromatic carbocycles. The Hall–Kier alpha value is -3.08. The van der Waals surface area contributed by atoms with Crippen molar-refractivity contribution >= 4 is 21.8 Å². The SMILES string of the molecule is CCn1c2c(c3ccc(OC)cc31)CCn1c-2nc2ccccc2c1=O. The van der Waals surface area contributed by atoms with Gasteiger partial charge in [0.25, 0.3) is 5.56 Å². The molecule has 5 nitrogen and oxygen atoms in total. The topological polar surface area (TPSA) is 49.0 Å². The molecule has 0 bridgehead atoms. The van der Waals surface area contributed by atoms with Crippen LogP contribution in [0.3, 0.4) is 0 Å². The molecule has 3 heterocycles. The maximum Gasteiger partial charge on any atom is 0.261 e. The van der Waals surface area contributed by atoms with Crippen molar-refractivity contribution in [1.82, 2.24) is 14.1 Å². The molecule has 0 radical (unpaired) electrons. The summed E-state index contributed by atoms with van der Waals surface area (Å²) in [5, 5.41) is 1.90. The summed E-state index contributed by atoms with van der Waals surface area (Å²) in [6.45, 7) is 3.59. The van der Waals surface area contributed by atoms with Crippen LogP contribution in [0.2, 0.25) is 0 Å². The van der Waals surface area contributed by atoms with Crippen molar-refractivity contribution in [2.45, 2.75) is 26.4 Å². The van der Waals surface area contributed by atoms with Crippen molar-refractivity contribution < 1.29 is 4.74 Å². The van der Waals surface area contributed by atoms with Crippen LogP contribution in [0.25, 0.3) is 33.3 Å². The molecule has 0 unspecified atom stereocenters. The van der Waals surface area contributed by atoms with Crippen LogP contribution in [0.15, 0.2) is 47.3 Å². The van der Waals surface area contributed by atoms with E-state index in [1.807, 2.05) is 34.9 Å². The van der Waals surface area contributed by atoms with Crippen LogP contribution >= 0.6 is 0 Å². The fraction of sp³-hybridized carbons (Fsp3) is 0.238. The number of benzene rings is 2. The number of para-hydroxylation sites is 1. The highest BCUT2D eigenvalue weighted by Crippen LogP contribution is 2.37. The van der Waals surface area contributed by atoms with Gasteiger partial charge in [-0.25, -0.2) is 4.98 Å². The molecule has 130 valence electrons. The number of rotatable bonds is 2. The maximum absolute atomic E-state index is 13.0. The molecule has 2 aromatic heterocycles. The largest absolute Gasteiger partial charge is 0.497 e. The van der Waals surface area contributed by atoms with E-state index in [-0.39, 0.29) is 5.56 Å². The Bertz CT molecular complexity index is 1230. The van der Waals surface area contributed by atoms with Crippen LogP contribution in [0, 0.1) is 0 Å². The molecule has 1 aliphatic heterocycles. The second-order valence-corrected chi connectivity index (χ2v) is 6.61. The van der Waals surface area contributed by atoms with Gasteiger partial charge < -0.3 is 9.30 Å². The molecular weight excluding hydrogens is 326 g/mol. The fourth-order valence-electron chi connectivity index (χ4n) is 4.14. The number of ether oxygens (including phenoxy) is 1. The second kappa shape index (κ2) is 5.46. The standard InChI is InChI=1S/C21H19N3O2/c1-3-23-18-12-13(26-2)8-9-14(18)15-10-11-24-20(19(15)23)22-17-7-5-4-6-16(17)21(24)25/h4-9,12H,3,10-11H2,1-2H3. The summed E-state index contributed by atoms with van der Waals surface area (Å²) in [5.41, 5.74) is 4.26. The van der Waals surface area contributed by atoms with Gasteiger partial charge in [-0.1, -0.05) is 12.1 Å². The molecule has 0 fully saturated rings. The molecule has 0 atom stereocenters. The minimum Gasteiger partial charge on any atom is -0.497 e. The number of aryl methyl sites for hydroxylation is 2. The van der Waals surface area contributed by atoms with Crippen molar-refractivity contribution in [1.29, 1.82) is 0 Å². The second-order valence-electron chi connectivity index (χ2n) is 6.61. The highest BCUT2D eigenvalue weighted by atomic mass is 16.5. The lowest BCUT2D eigenvalue weighted by atomic mass is 10.0. The Balaban J connectivity index is 1.92. The van der Waals surface area contributed by atoms with Crippen LogP contribution in [-0.4, -0.2) is 21.2 Å². The van der Waals surface area contributed by atoms with Gasteiger partial charge in [0.15, 0.2) is 5.82 Å². The van der Waals surface area contributed by atoms with Crippen LogP contribution in [0.4, 0.5) is 0 Å². The molecule has 0 saturated heterocycles. The molecule has 0 aliphatic carbocycles. The zero-order chi connectivity index (χ0) is 17.8. The van der Waals surface area contributed by atoms with Gasteiger partial charge in [0.05, 0.1) is 29.2 Å².